The number of nitriles is 1. The summed E-state index contributed by atoms with van der Waals surface area (Å²) in [6.07, 6.45) is 0.848. The fourth-order valence-electron chi connectivity index (χ4n) is 4.06. The van der Waals surface area contributed by atoms with Crippen LogP contribution < -0.4 is 0 Å². The predicted molar refractivity (Wildman–Crippen MR) is 121 cm³/mol. The van der Waals surface area contributed by atoms with Gasteiger partial charge in [-0.25, -0.2) is 9.97 Å². The zero-order chi connectivity index (χ0) is 21.4. The first-order valence-electron chi connectivity index (χ1n) is 10.2. The first-order valence-corrected chi connectivity index (χ1v) is 10.6. The zero-order valence-corrected chi connectivity index (χ0v) is 18.5. The number of hydrogen-bond acceptors (Lipinski definition) is 3. The summed E-state index contributed by atoms with van der Waals surface area (Å²) in [5.74, 6) is 1.04. The van der Waals surface area contributed by atoms with Gasteiger partial charge in [0.25, 0.3) is 0 Å². The zero-order valence-electron chi connectivity index (χ0n) is 17.7. The van der Waals surface area contributed by atoms with E-state index in [1.54, 1.807) is 6.07 Å². The molecule has 3 aromatic heterocycles. The van der Waals surface area contributed by atoms with Crippen LogP contribution in [0.4, 0.5) is 0 Å². The Balaban J connectivity index is 1.73. The predicted octanol–water partition coefficient (Wildman–Crippen LogP) is 5.67. The largest absolute Gasteiger partial charge is 0.331 e. The van der Waals surface area contributed by atoms with Crippen LogP contribution in [0.2, 0.25) is 5.15 Å². The summed E-state index contributed by atoms with van der Waals surface area (Å²) in [6, 6.07) is 14.4. The van der Waals surface area contributed by atoms with Crippen LogP contribution in [0, 0.1) is 25.2 Å². The van der Waals surface area contributed by atoms with E-state index in [9.17, 15) is 5.26 Å². The first-order chi connectivity index (χ1) is 14.5. The molecule has 30 heavy (non-hydrogen) atoms. The number of aryl methyl sites for hydroxylation is 3. The molecule has 0 fully saturated rings. The van der Waals surface area contributed by atoms with E-state index in [-0.39, 0.29) is 0 Å². The van der Waals surface area contributed by atoms with Gasteiger partial charge < -0.3 is 9.13 Å². The molecule has 0 aliphatic heterocycles. The van der Waals surface area contributed by atoms with Crippen molar-refractivity contribution in [1.82, 2.24) is 19.1 Å². The van der Waals surface area contributed by atoms with E-state index < -0.39 is 0 Å². The Labute approximate surface area is 181 Å². The lowest BCUT2D eigenvalue weighted by Gasteiger charge is -2.11. The van der Waals surface area contributed by atoms with Crippen LogP contribution in [0.1, 0.15) is 42.1 Å². The van der Waals surface area contributed by atoms with Gasteiger partial charge in [-0.3, -0.25) is 0 Å². The van der Waals surface area contributed by atoms with Crippen molar-refractivity contribution in [3.05, 3.63) is 69.8 Å². The maximum atomic E-state index is 9.50. The van der Waals surface area contributed by atoms with Gasteiger partial charge in [-0.2, -0.15) is 5.26 Å². The number of rotatable bonds is 5. The van der Waals surface area contributed by atoms with Gasteiger partial charge in [0.15, 0.2) is 5.65 Å². The van der Waals surface area contributed by atoms with Crippen LogP contribution in [0.5, 0.6) is 0 Å². The third-order valence-electron chi connectivity index (χ3n) is 5.47. The van der Waals surface area contributed by atoms with Crippen LogP contribution in [-0.4, -0.2) is 19.1 Å². The summed E-state index contributed by atoms with van der Waals surface area (Å²) >= 11 is 6.31. The SMILES string of the molecule is CCc1nc2c(C)cc(C)nc2n1Cc1ccc(-c2c(C#N)cc(Cl)n2CC)cc1. The average Bonchev–Trinajstić information content (AvgIpc) is 3.25. The number of nitrogens with zero attached hydrogens (tertiary/aromatic N) is 5. The molecule has 0 saturated heterocycles. The molecule has 0 aliphatic carbocycles. The number of aromatic nitrogens is 4. The van der Waals surface area contributed by atoms with E-state index in [1.165, 1.54) is 0 Å². The van der Waals surface area contributed by atoms with Gasteiger partial charge >= 0.3 is 0 Å². The maximum Gasteiger partial charge on any atom is 0.160 e. The quantitative estimate of drug-likeness (QED) is 0.420. The number of pyridine rings is 1. The molecular weight excluding hydrogens is 394 g/mol. The second-order valence-electron chi connectivity index (χ2n) is 7.50. The number of hydrogen-bond donors (Lipinski definition) is 0. The van der Waals surface area contributed by atoms with Crippen molar-refractivity contribution in [2.75, 3.05) is 0 Å². The molecule has 0 unspecified atom stereocenters. The Kier molecular flexibility index (Phi) is 5.36. The Morgan fingerprint density at radius 1 is 1.03 bits per heavy atom. The van der Waals surface area contributed by atoms with Crippen LogP contribution in [0.15, 0.2) is 36.4 Å². The van der Waals surface area contributed by atoms with Crippen molar-refractivity contribution >= 4 is 22.8 Å². The highest BCUT2D eigenvalue weighted by atomic mass is 35.5. The highest BCUT2D eigenvalue weighted by molar-refractivity contribution is 6.30. The van der Waals surface area contributed by atoms with Crippen molar-refractivity contribution in [2.45, 2.75) is 47.2 Å². The normalized spacial score (nSPS) is 11.2. The minimum absolute atomic E-state index is 0.586. The van der Waals surface area contributed by atoms with E-state index in [2.05, 4.69) is 54.8 Å². The van der Waals surface area contributed by atoms with E-state index in [0.717, 1.165) is 51.5 Å². The molecule has 152 valence electrons. The first kappa shape index (κ1) is 20.2. The lowest BCUT2D eigenvalue weighted by molar-refractivity contribution is 0.745. The third kappa shape index (κ3) is 3.38. The maximum absolute atomic E-state index is 9.50. The van der Waals surface area contributed by atoms with Gasteiger partial charge in [-0.05, 0) is 49.6 Å². The van der Waals surface area contributed by atoms with Crippen molar-refractivity contribution in [2.24, 2.45) is 0 Å². The molecule has 6 heteroatoms. The molecule has 0 radical (unpaired) electrons. The number of benzene rings is 1. The molecule has 0 atom stereocenters. The van der Waals surface area contributed by atoms with Crippen LogP contribution >= 0.6 is 11.6 Å². The summed E-state index contributed by atoms with van der Waals surface area (Å²) in [7, 11) is 0. The summed E-state index contributed by atoms with van der Waals surface area (Å²) in [5, 5.41) is 10.1. The monoisotopic (exact) mass is 417 g/mol. The molecule has 1 aromatic carbocycles. The minimum atomic E-state index is 0.586. The van der Waals surface area contributed by atoms with Gasteiger partial charge in [-0.15, -0.1) is 0 Å². The molecule has 0 aliphatic rings. The average molecular weight is 418 g/mol. The van der Waals surface area contributed by atoms with Crippen LogP contribution in [0.25, 0.3) is 22.4 Å². The minimum Gasteiger partial charge on any atom is -0.331 e. The number of halogens is 1. The molecule has 0 bridgehead atoms. The summed E-state index contributed by atoms with van der Waals surface area (Å²) in [4.78, 5) is 9.59. The molecule has 0 saturated carbocycles. The number of imidazole rings is 1. The Hall–Kier alpha value is -3.10. The molecule has 0 amide bonds. The van der Waals surface area contributed by atoms with Crippen molar-refractivity contribution in [1.29, 1.82) is 5.26 Å². The van der Waals surface area contributed by atoms with Crippen LogP contribution in [0.3, 0.4) is 0 Å². The topological polar surface area (TPSA) is 59.4 Å². The van der Waals surface area contributed by atoms with Gasteiger partial charge in [0.2, 0.25) is 0 Å². The lowest BCUT2D eigenvalue weighted by atomic mass is 10.1. The van der Waals surface area contributed by atoms with Crippen LogP contribution in [-0.2, 0) is 19.5 Å². The highest BCUT2D eigenvalue weighted by Crippen LogP contribution is 2.30. The molecule has 4 rings (SSSR count). The van der Waals surface area contributed by atoms with Gasteiger partial charge in [-0.1, -0.05) is 42.8 Å². The van der Waals surface area contributed by atoms with E-state index in [1.807, 2.05) is 18.4 Å². The highest BCUT2D eigenvalue weighted by Gasteiger charge is 2.16. The van der Waals surface area contributed by atoms with E-state index in [4.69, 9.17) is 21.6 Å². The second kappa shape index (κ2) is 7.97. The summed E-state index contributed by atoms with van der Waals surface area (Å²) in [6.45, 7) is 9.67. The second-order valence-corrected chi connectivity index (χ2v) is 7.89. The fourth-order valence-corrected chi connectivity index (χ4v) is 4.37. The molecule has 0 spiro atoms. The Morgan fingerprint density at radius 3 is 2.40 bits per heavy atom. The Bertz CT molecular complexity index is 1270. The Morgan fingerprint density at radius 2 is 1.77 bits per heavy atom. The fraction of sp³-hybridized carbons (Fsp3) is 0.292. The number of fused-ring (bicyclic) bond motifs is 1. The van der Waals surface area contributed by atoms with Gasteiger partial charge in [0.1, 0.15) is 22.6 Å². The molecule has 5 nitrogen and oxygen atoms in total. The molecular formula is C24H24ClN5. The van der Waals surface area contributed by atoms with Crippen molar-refractivity contribution in [3.8, 4) is 17.3 Å². The third-order valence-corrected chi connectivity index (χ3v) is 5.78. The molecule has 3 heterocycles. The van der Waals surface area contributed by atoms with Gasteiger partial charge in [0, 0.05) is 18.7 Å². The molecule has 0 N–H and O–H groups in total. The van der Waals surface area contributed by atoms with Gasteiger partial charge in [0.05, 0.1) is 17.8 Å². The standard InChI is InChI=1S/C24H24ClN5/c1-5-21-28-22-15(3)11-16(4)27-24(22)30(21)14-17-7-9-18(10-8-17)23-19(13-26)12-20(25)29(23)6-2/h7-12H,5-6,14H2,1-4H3. The van der Waals surface area contributed by atoms with E-state index >= 15 is 0 Å². The van der Waals surface area contributed by atoms with E-state index in [0.29, 0.717) is 23.8 Å². The summed E-state index contributed by atoms with van der Waals surface area (Å²) in [5.41, 5.74) is 7.68. The summed E-state index contributed by atoms with van der Waals surface area (Å²) < 4.78 is 4.17. The lowest BCUT2D eigenvalue weighted by Crippen LogP contribution is -2.06. The smallest absolute Gasteiger partial charge is 0.160 e. The van der Waals surface area contributed by atoms with Crippen molar-refractivity contribution < 1.29 is 0 Å². The molecule has 4 aromatic rings. The van der Waals surface area contributed by atoms with Crippen molar-refractivity contribution in [3.63, 3.8) is 0 Å².